The molecule has 0 spiro atoms. The summed E-state index contributed by atoms with van der Waals surface area (Å²) < 4.78 is 0. The van der Waals surface area contributed by atoms with Gasteiger partial charge in [0.05, 0.1) is 5.52 Å². The van der Waals surface area contributed by atoms with Gasteiger partial charge in [0.25, 0.3) is 0 Å². The van der Waals surface area contributed by atoms with E-state index in [1.54, 1.807) is 0 Å². The van der Waals surface area contributed by atoms with Crippen molar-refractivity contribution in [1.29, 1.82) is 0 Å². The van der Waals surface area contributed by atoms with Crippen LogP contribution in [-0.2, 0) is 6.54 Å². The van der Waals surface area contributed by atoms with E-state index in [1.165, 1.54) is 53.7 Å². The molecule has 1 aliphatic rings. The molecule has 0 atom stereocenters. The Balaban J connectivity index is 2.14. The average Bonchev–Trinajstić information content (AvgIpc) is 3.08. The Morgan fingerprint density at radius 2 is 1.77 bits per heavy atom. The molecule has 1 aromatic carbocycles. The first-order valence-corrected chi connectivity index (χ1v) is 8.64. The summed E-state index contributed by atoms with van der Waals surface area (Å²) in [7, 11) is 0. The largest absolute Gasteiger partial charge is 0.398 e. The van der Waals surface area contributed by atoms with Gasteiger partial charge in [-0.3, -0.25) is 4.90 Å². The van der Waals surface area contributed by atoms with E-state index in [-0.39, 0.29) is 0 Å². The highest BCUT2D eigenvalue weighted by Crippen LogP contribution is 2.36. The number of nitrogens with two attached hydrogens (primary N) is 1. The Hall–Kier alpha value is -1.48. The Morgan fingerprint density at radius 3 is 2.36 bits per heavy atom. The highest BCUT2D eigenvalue weighted by molar-refractivity contribution is 5.91. The number of H-pyrrole nitrogens is 1. The fraction of sp³-hybridized carbons (Fsp3) is 0.579. The van der Waals surface area contributed by atoms with Gasteiger partial charge in [0.15, 0.2) is 0 Å². The van der Waals surface area contributed by atoms with Crippen LogP contribution in [0.15, 0.2) is 12.1 Å². The fourth-order valence-corrected chi connectivity index (χ4v) is 3.79. The van der Waals surface area contributed by atoms with Crippen LogP contribution in [0.3, 0.4) is 0 Å². The second-order valence-electron chi connectivity index (χ2n) is 7.30. The Morgan fingerprint density at radius 1 is 1.09 bits per heavy atom. The predicted molar refractivity (Wildman–Crippen MR) is 95.4 cm³/mol. The minimum absolute atomic E-state index is 0.505. The number of hydrogen-bond acceptors (Lipinski definition) is 2. The first-order valence-electron chi connectivity index (χ1n) is 8.64. The Bertz CT molecular complexity index is 661. The third-order valence-electron chi connectivity index (χ3n) is 4.92. The summed E-state index contributed by atoms with van der Waals surface area (Å²) >= 11 is 0. The van der Waals surface area contributed by atoms with Crippen molar-refractivity contribution in [2.75, 3.05) is 18.8 Å². The summed E-state index contributed by atoms with van der Waals surface area (Å²) in [4.78, 5) is 6.25. The van der Waals surface area contributed by atoms with Crippen LogP contribution in [-0.4, -0.2) is 23.0 Å². The van der Waals surface area contributed by atoms with Gasteiger partial charge in [0.1, 0.15) is 0 Å². The maximum Gasteiger partial charge on any atom is 0.0525 e. The predicted octanol–water partition coefficient (Wildman–Crippen LogP) is 4.59. The number of benzene rings is 1. The van der Waals surface area contributed by atoms with Crippen molar-refractivity contribution in [3.05, 3.63) is 29.0 Å². The number of fused-ring (bicyclic) bond motifs is 1. The number of nitrogen functional groups attached to an aromatic ring is 1. The second kappa shape index (κ2) is 5.96. The lowest BCUT2D eigenvalue weighted by molar-refractivity contribution is 0.333. The smallest absolute Gasteiger partial charge is 0.0525 e. The molecule has 2 heterocycles. The van der Waals surface area contributed by atoms with Crippen molar-refractivity contribution in [2.24, 2.45) is 0 Å². The van der Waals surface area contributed by atoms with Gasteiger partial charge < -0.3 is 10.7 Å². The fourth-order valence-electron chi connectivity index (χ4n) is 3.79. The summed E-state index contributed by atoms with van der Waals surface area (Å²) in [6.07, 6.45) is 2.63. The summed E-state index contributed by atoms with van der Waals surface area (Å²) in [5.74, 6) is 1.03. The molecule has 1 saturated heterocycles. The van der Waals surface area contributed by atoms with Crippen LogP contribution in [0.4, 0.5) is 5.69 Å². The zero-order valence-corrected chi connectivity index (χ0v) is 14.4. The van der Waals surface area contributed by atoms with Gasteiger partial charge in [0.2, 0.25) is 0 Å². The van der Waals surface area contributed by atoms with Gasteiger partial charge in [-0.25, -0.2) is 0 Å². The molecule has 0 bridgehead atoms. The standard InChI is InChI=1S/C19H29N3/c1-12(2)17-14-7-8-16(20)15(11-22-9-5-6-10-22)19(14)21-18(17)13(3)4/h7-8,12-13,21H,5-6,9-11,20H2,1-4H3. The third kappa shape index (κ3) is 2.63. The molecule has 1 aliphatic heterocycles. The number of nitrogens with one attached hydrogen (secondary N) is 1. The molecule has 22 heavy (non-hydrogen) atoms. The van der Waals surface area contributed by atoms with Gasteiger partial charge in [-0.2, -0.15) is 0 Å². The van der Waals surface area contributed by atoms with Gasteiger partial charge in [-0.15, -0.1) is 0 Å². The number of anilines is 1. The molecule has 1 fully saturated rings. The third-order valence-corrected chi connectivity index (χ3v) is 4.92. The lowest BCUT2D eigenvalue weighted by atomic mass is 9.94. The lowest BCUT2D eigenvalue weighted by Gasteiger charge is -2.17. The Labute approximate surface area is 133 Å². The average molecular weight is 299 g/mol. The minimum Gasteiger partial charge on any atom is -0.398 e. The number of hydrogen-bond donors (Lipinski definition) is 2. The Kier molecular flexibility index (Phi) is 4.18. The molecule has 3 N–H and O–H groups in total. The highest BCUT2D eigenvalue weighted by Gasteiger charge is 2.21. The van der Waals surface area contributed by atoms with E-state index in [0.29, 0.717) is 11.8 Å². The van der Waals surface area contributed by atoms with Crippen molar-refractivity contribution in [3.8, 4) is 0 Å². The van der Waals surface area contributed by atoms with E-state index >= 15 is 0 Å². The van der Waals surface area contributed by atoms with Crippen LogP contribution in [0.2, 0.25) is 0 Å². The summed E-state index contributed by atoms with van der Waals surface area (Å²) in [5, 5.41) is 1.36. The highest BCUT2D eigenvalue weighted by atomic mass is 15.1. The van der Waals surface area contributed by atoms with Crippen LogP contribution in [0.1, 0.15) is 69.2 Å². The monoisotopic (exact) mass is 299 g/mol. The zero-order chi connectivity index (χ0) is 15.9. The molecule has 0 saturated carbocycles. The van der Waals surface area contributed by atoms with Crippen LogP contribution >= 0.6 is 0 Å². The summed E-state index contributed by atoms with van der Waals surface area (Å²) in [6, 6.07) is 4.30. The number of rotatable bonds is 4. The number of aromatic amines is 1. The molecule has 1 aromatic heterocycles. The number of nitrogens with zero attached hydrogens (tertiary/aromatic N) is 1. The first kappa shape index (κ1) is 15.4. The van der Waals surface area contributed by atoms with Crippen molar-refractivity contribution in [3.63, 3.8) is 0 Å². The van der Waals surface area contributed by atoms with Crippen molar-refractivity contribution < 1.29 is 0 Å². The molecule has 3 nitrogen and oxygen atoms in total. The normalized spacial score (nSPS) is 16.5. The number of aromatic nitrogens is 1. The topological polar surface area (TPSA) is 45.0 Å². The number of likely N-dealkylation sites (tertiary alicyclic amines) is 1. The van der Waals surface area contributed by atoms with E-state index in [4.69, 9.17) is 5.73 Å². The van der Waals surface area contributed by atoms with Crippen LogP contribution in [0, 0.1) is 0 Å². The van der Waals surface area contributed by atoms with E-state index in [9.17, 15) is 0 Å². The SMILES string of the molecule is CC(C)c1[nH]c2c(CN3CCCC3)c(N)ccc2c1C(C)C. The van der Waals surface area contributed by atoms with Crippen molar-refractivity contribution in [1.82, 2.24) is 9.88 Å². The molecule has 0 aliphatic carbocycles. The maximum atomic E-state index is 6.33. The maximum absolute atomic E-state index is 6.33. The molecule has 2 aromatic rings. The van der Waals surface area contributed by atoms with Crippen LogP contribution in [0.25, 0.3) is 10.9 Å². The minimum atomic E-state index is 0.505. The summed E-state index contributed by atoms with van der Waals surface area (Å²) in [5.41, 5.74) is 12.6. The van der Waals surface area contributed by atoms with Crippen LogP contribution < -0.4 is 5.73 Å². The van der Waals surface area contributed by atoms with E-state index < -0.39 is 0 Å². The molecule has 3 rings (SSSR count). The van der Waals surface area contributed by atoms with Gasteiger partial charge in [-0.05, 0) is 49.4 Å². The molecule has 0 amide bonds. The van der Waals surface area contributed by atoms with Crippen molar-refractivity contribution in [2.45, 2.75) is 58.9 Å². The van der Waals surface area contributed by atoms with Gasteiger partial charge in [0, 0.05) is 28.9 Å². The molecule has 3 heteroatoms. The molecule has 120 valence electrons. The molecule has 0 radical (unpaired) electrons. The van der Waals surface area contributed by atoms with Crippen molar-refractivity contribution >= 4 is 16.6 Å². The lowest BCUT2D eigenvalue weighted by Crippen LogP contribution is -2.19. The van der Waals surface area contributed by atoms with Gasteiger partial charge in [-0.1, -0.05) is 33.8 Å². The molecular formula is C19H29N3. The summed E-state index contributed by atoms with van der Waals surface area (Å²) in [6.45, 7) is 12.5. The molecule has 0 unspecified atom stereocenters. The second-order valence-corrected chi connectivity index (χ2v) is 7.30. The first-order chi connectivity index (χ1) is 10.5. The van der Waals surface area contributed by atoms with Crippen LogP contribution in [0.5, 0.6) is 0 Å². The van der Waals surface area contributed by atoms with E-state index in [2.05, 4.69) is 49.7 Å². The molecular weight excluding hydrogens is 270 g/mol. The van der Waals surface area contributed by atoms with E-state index in [1.807, 2.05) is 0 Å². The van der Waals surface area contributed by atoms with Gasteiger partial charge >= 0.3 is 0 Å². The quantitative estimate of drug-likeness (QED) is 0.811. The van der Waals surface area contributed by atoms with E-state index in [0.717, 1.165) is 12.2 Å². The zero-order valence-electron chi connectivity index (χ0n) is 14.4.